The van der Waals surface area contributed by atoms with E-state index in [2.05, 4.69) is 18.9 Å². The summed E-state index contributed by atoms with van der Waals surface area (Å²) in [6.45, 7) is 7.80. The van der Waals surface area contributed by atoms with E-state index in [1.54, 1.807) is 0 Å². The summed E-state index contributed by atoms with van der Waals surface area (Å²) in [5.41, 5.74) is 0.275. The van der Waals surface area contributed by atoms with Crippen LogP contribution >= 0.6 is 0 Å². The van der Waals surface area contributed by atoms with Crippen molar-refractivity contribution in [3.63, 3.8) is 0 Å². The van der Waals surface area contributed by atoms with Crippen LogP contribution in [0.4, 0.5) is 4.79 Å². The molecule has 0 radical (unpaired) electrons. The third kappa shape index (κ3) is 3.96. The number of nitrogens with zero attached hydrogens (tertiary/aromatic N) is 1. The number of benzene rings is 1. The van der Waals surface area contributed by atoms with Crippen molar-refractivity contribution in [2.24, 2.45) is 5.92 Å². The Hall–Kier alpha value is -1.75. The fraction of sp³-hybridized carbons (Fsp3) is 0.611. The molecular formula is C18H27NO4. The standard InChI is InChI=1S/C18H27NO4/c1-13(2)22-16-8-6-7-15(11-16)18(23-17(20)21-5)9-10-19(4)12-14(18)3/h6-8,11,13-14H,9-10,12H2,1-5H3/t14-,18+/m0/s1. The maximum Gasteiger partial charge on any atom is 0.508 e. The van der Waals surface area contributed by atoms with Crippen molar-refractivity contribution in [1.82, 2.24) is 4.90 Å². The molecule has 1 aromatic carbocycles. The molecule has 0 saturated carbocycles. The first-order valence-electron chi connectivity index (χ1n) is 8.10. The molecule has 0 amide bonds. The molecule has 23 heavy (non-hydrogen) atoms. The minimum absolute atomic E-state index is 0.0950. The van der Waals surface area contributed by atoms with Crippen LogP contribution in [-0.2, 0) is 15.1 Å². The fourth-order valence-electron chi connectivity index (χ4n) is 3.24. The summed E-state index contributed by atoms with van der Waals surface area (Å²) in [6, 6.07) is 7.85. The minimum Gasteiger partial charge on any atom is -0.491 e. The molecule has 1 aliphatic heterocycles. The Kier molecular flexibility index (Phi) is 5.52. The van der Waals surface area contributed by atoms with Crippen molar-refractivity contribution in [2.75, 3.05) is 27.2 Å². The summed E-state index contributed by atoms with van der Waals surface area (Å²) in [6.07, 6.45) is 0.180. The summed E-state index contributed by atoms with van der Waals surface area (Å²) in [5.74, 6) is 0.936. The van der Waals surface area contributed by atoms with Crippen LogP contribution in [0.1, 0.15) is 32.8 Å². The van der Waals surface area contributed by atoms with E-state index in [4.69, 9.17) is 14.2 Å². The van der Waals surface area contributed by atoms with Gasteiger partial charge in [0.2, 0.25) is 0 Å². The highest BCUT2D eigenvalue weighted by molar-refractivity contribution is 5.61. The molecule has 5 nitrogen and oxygen atoms in total. The monoisotopic (exact) mass is 321 g/mol. The number of hydrogen-bond acceptors (Lipinski definition) is 5. The van der Waals surface area contributed by atoms with Crippen molar-refractivity contribution in [3.8, 4) is 5.75 Å². The third-order valence-electron chi connectivity index (χ3n) is 4.37. The van der Waals surface area contributed by atoms with Crippen LogP contribution < -0.4 is 4.74 Å². The molecule has 0 aliphatic carbocycles. The van der Waals surface area contributed by atoms with E-state index >= 15 is 0 Å². The molecule has 0 unspecified atom stereocenters. The van der Waals surface area contributed by atoms with Gasteiger partial charge in [-0.15, -0.1) is 0 Å². The first-order chi connectivity index (χ1) is 10.9. The molecule has 2 atom stereocenters. The van der Waals surface area contributed by atoms with E-state index in [9.17, 15) is 4.79 Å². The number of carbonyl (C=O) groups is 1. The van der Waals surface area contributed by atoms with Gasteiger partial charge in [-0.3, -0.25) is 0 Å². The van der Waals surface area contributed by atoms with Crippen LogP contribution in [0.3, 0.4) is 0 Å². The average molecular weight is 321 g/mol. The van der Waals surface area contributed by atoms with E-state index in [1.807, 2.05) is 38.1 Å². The first-order valence-corrected chi connectivity index (χ1v) is 8.10. The van der Waals surface area contributed by atoms with Gasteiger partial charge in [-0.05, 0) is 38.6 Å². The molecule has 2 rings (SSSR count). The van der Waals surface area contributed by atoms with E-state index in [-0.39, 0.29) is 12.0 Å². The van der Waals surface area contributed by atoms with Crippen molar-refractivity contribution in [2.45, 2.75) is 38.9 Å². The van der Waals surface area contributed by atoms with E-state index in [0.29, 0.717) is 0 Å². The Labute approximate surface area is 138 Å². The first kappa shape index (κ1) is 17.6. The number of likely N-dealkylation sites (tertiary alicyclic amines) is 1. The van der Waals surface area contributed by atoms with Gasteiger partial charge < -0.3 is 19.1 Å². The van der Waals surface area contributed by atoms with Crippen LogP contribution in [-0.4, -0.2) is 44.4 Å². The van der Waals surface area contributed by atoms with Crippen LogP contribution in [0.25, 0.3) is 0 Å². The van der Waals surface area contributed by atoms with E-state index < -0.39 is 11.8 Å². The smallest absolute Gasteiger partial charge is 0.491 e. The summed E-state index contributed by atoms with van der Waals surface area (Å²) in [7, 11) is 3.42. The van der Waals surface area contributed by atoms with Crippen molar-refractivity contribution in [1.29, 1.82) is 0 Å². The second-order valence-corrected chi connectivity index (χ2v) is 6.55. The molecule has 1 heterocycles. The van der Waals surface area contributed by atoms with Gasteiger partial charge in [0.15, 0.2) is 0 Å². The maximum atomic E-state index is 11.9. The number of hydrogen-bond donors (Lipinski definition) is 0. The maximum absolute atomic E-state index is 11.9. The van der Waals surface area contributed by atoms with Crippen LogP contribution in [0.5, 0.6) is 5.75 Å². The largest absolute Gasteiger partial charge is 0.508 e. The Balaban J connectivity index is 2.39. The fourth-order valence-corrected chi connectivity index (χ4v) is 3.24. The van der Waals surface area contributed by atoms with E-state index in [1.165, 1.54) is 7.11 Å². The van der Waals surface area contributed by atoms with Gasteiger partial charge >= 0.3 is 6.16 Å². The topological polar surface area (TPSA) is 48.0 Å². The second kappa shape index (κ2) is 7.21. The Bertz CT molecular complexity index is 546. The molecular weight excluding hydrogens is 294 g/mol. The molecule has 0 aromatic heterocycles. The second-order valence-electron chi connectivity index (χ2n) is 6.55. The molecule has 1 saturated heterocycles. The summed E-state index contributed by atoms with van der Waals surface area (Å²) in [5, 5.41) is 0. The SMILES string of the molecule is COC(=O)O[C@]1(c2cccc(OC(C)C)c2)CCN(C)C[C@@H]1C. The Morgan fingerprint density at radius 1 is 1.39 bits per heavy atom. The quantitative estimate of drug-likeness (QED) is 0.795. The average Bonchev–Trinajstić information content (AvgIpc) is 2.49. The van der Waals surface area contributed by atoms with Gasteiger partial charge in [0, 0.05) is 25.4 Å². The lowest BCUT2D eigenvalue weighted by Crippen LogP contribution is -2.50. The molecule has 128 valence electrons. The summed E-state index contributed by atoms with van der Waals surface area (Å²) in [4.78, 5) is 14.1. The lowest BCUT2D eigenvalue weighted by Gasteiger charge is -2.44. The van der Waals surface area contributed by atoms with Gasteiger partial charge in [-0.25, -0.2) is 4.79 Å². The highest BCUT2D eigenvalue weighted by atomic mass is 16.7. The molecule has 1 aliphatic rings. The lowest BCUT2D eigenvalue weighted by molar-refractivity contribution is -0.0965. The number of carbonyl (C=O) groups excluding carboxylic acids is 1. The van der Waals surface area contributed by atoms with Crippen molar-refractivity contribution >= 4 is 6.16 Å². The molecule has 1 fully saturated rings. The predicted molar refractivity (Wildman–Crippen MR) is 88.7 cm³/mol. The molecule has 0 spiro atoms. The van der Waals surface area contributed by atoms with Gasteiger partial charge in [0.1, 0.15) is 11.4 Å². The van der Waals surface area contributed by atoms with Gasteiger partial charge in [-0.1, -0.05) is 19.1 Å². The van der Waals surface area contributed by atoms with Crippen LogP contribution in [0, 0.1) is 5.92 Å². The van der Waals surface area contributed by atoms with Gasteiger partial charge in [-0.2, -0.15) is 0 Å². The molecule has 0 N–H and O–H groups in total. The van der Waals surface area contributed by atoms with Crippen LogP contribution in [0.15, 0.2) is 24.3 Å². The zero-order valence-corrected chi connectivity index (χ0v) is 14.7. The van der Waals surface area contributed by atoms with E-state index in [0.717, 1.165) is 30.8 Å². The number of ether oxygens (including phenoxy) is 3. The predicted octanol–water partition coefficient (Wildman–Crippen LogP) is 3.42. The molecule has 0 bridgehead atoms. The van der Waals surface area contributed by atoms with Crippen LogP contribution in [0.2, 0.25) is 0 Å². The lowest BCUT2D eigenvalue weighted by atomic mass is 9.76. The normalized spacial score (nSPS) is 25.2. The summed E-state index contributed by atoms with van der Waals surface area (Å²) < 4.78 is 16.4. The van der Waals surface area contributed by atoms with Crippen molar-refractivity contribution < 1.29 is 19.0 Å². The molecule has 5 heteroatoms. The van der Waals surface area contributed by atoms with Crippen molar-refractivity contribution in [3.05, 3.63) is 29.8 Å². The highest BCUT2D eigenvalue weighted by Crippen LogP contribution is 2.42. The number of piperidine rings is 1. The third-order valence-corrected chi connectivity index (χ3v) is 4.37. The number of methoxy groups -OCH3 is 1. The highest BCUT2D eigenvalue weighted by Gasteiger charge is 2.45. The van der Waals surface area contributed by atoms with Gasteiger partial charge in [0.25, 0.3) is 0 Å². The molecule has 1 aromatic rings. The number of rotatable bonds is 4. The Morgan fingerprint density at radius 2 is 2.13 bits per heavy atom. The zero-order chi connectivity index (χ0) is 17.0. The minimum atomic E-state index is -0.685. The van der Waals surface area contributed by atoms with Gasteiger partial charge in [0.05, 0.1) is 13.2 Å². The zero-order valence-electron chi connectivity index (χ0n) is 14.7. The summed E-state index contributed by atoms with van der Waals surface area (Å²) >= 11 is 0. The Morgan fingerprint density at radius 3 is 2.74 bits per heavy atom.